The van der Waals surface area contributed by atoms with Crippen molar-refractivity contribution in [2.24, 2.45) is 0 Å². The molecule has 144 valence electrons. The van der Waals surface area contributed by atoms with Crippen LogP contribution in [0.5, 0.6) is 0 Å². The second-order valence-electron chi connectivity index (χ2n) is 6.19. The van der Waals surface area contributed by atoms with Gasteiger partial charge in [0.2, 0.25) is 5.91 Å². The summed E-state index contributed by atoms with van der Waals surface area (Å²) in [6, 6.07) is 9.99. The third-order valence-electron chi connectivity index (χ3n) is 4.29. The molecule has 0 aliphatic carbocycles. The molecule has 1 amide bonds. The normalized spacial score (nSPS) is 15.6. The predicted molar refractivity (Wildman–Crippen MR) is 106 cm³/mol. The lowest BCUT2D eigenvalue weighted by atomic mass is 10.2. The van der Waals surface area contributed by atoms with Crippen LogP contribution in [0.15, 0.2) is 42.6 Å². The monoisotopic (exact) mass is 490 g/mol. The molecule has 2 aromatic rings. The molecule has 1 aliphatic heterocycles. The number of amides is 1. The summed E-state index contributed by atoms with van der Waals surface area (Å²) < 4.78 is 38.8. The third-order valence-corrected chi connectivity index (χ3v) is 5.23. The van der Waals surface area contributed by atoms with E-state index in [9.17, 15) is 18.0 Å². The smallest absolute Gasteiger partial charge is 0.354 e. The van der Waals surface area contributed by atoms with Crippen LogP contribution in [0.1, 0.15) is 5.56 Å². The molecule has 3 rings (SSSR count). The molecule has 1 aromatic carbocycles. The lowest BCUT2D eigenvalue weighted by Gasteiger charge is -2.35. The van der Waals surface area contributed by atoms with Gasteiger partial charge in [-0.1, -0.05) is 12.1 Å². The Bertz CT molecular complexity index is 790. The number of anilines is 2. The number of alkyl halides is 3. The number of benzene rings is 1. The van der Waals surface area contributed by atoms with Gasteiger partial charge in [-0.2, -0.15) is 13.2 Å². The maximum absolute atomic E-state index is 12.6. The number of nitrogens with one attached hydrogen (secondary N) is 1. The lowest BCUT2D eigenvalue weighted by Crippen LogP contribution is -2.49. The van der Waals surface area contributed by atoms with Crippen molar-refractivity contribution in [2.75, 3.05) is 42.9 Å². The number of nitrogens with zero attached hydrogens (tertiary/aromatic N) is 3. The van der Waals surface area contributed by atoms with Crippen LogP contribution in [-0.4, -0.2) is 48.5 Å². The molecule has 1 aliphatic rings. The molecule has 1 fully saturated rings. The van der Waals surface area contributed by atoms with E-state index in [1.54, 1.807) is 0 Å². The van der Waals surface area contributed by atoms with E-state index >= 15 is 0 Å². The number of para-hydroxylation sites is 1. The summed E-state index contributed by atoms with van der Waals surface area (Å²) in [5, 5.41) is 2.90. The Hall–Kier alpha value is -1.88. The molecule has 1 saturated heterocycles. The van der Waals surface area contributed by atoms with Crippen molar-refractivity contribution in [3.63, 3.8) is 0 Å². The van der Waals surface area contributed by atoms with Gasteiger partial charge < -0.3 is 10.2 Å². The molecule has 1 aromatic heterocycles. The summed E-state index contributed by atoms with van der Waals surface area (Å²) in [6.07, 6.45) is -3.52. The SMILES string of the molecule is O=C(CN1CCN(c2ccc(C(F)(F)F)cn2)CC1)Nc1ccccc1I. The molecule has 0 unspecified atom stereocenters. The largest absolute Gasteiger partial charge is 0.417 e. The van der Waals surface area contributed by atoms with Gasteiger partial charge in [-0.25, -0.2) is 4.98 Å². The maximum Gasteiger partial charge on any atom is 0.417 e. The Morgan fingerprint density at radius 3 is 2.41 bits per heavy atom. The van der Waals surface area contributed by atoms with E-state index in [1.165, 1.54) is 6.07 Å². The average molecular weight is 490 g/mol. The minimum Gasteiger partial charge on any atom is -0.354 e. The standard InChI is InChI=1S/C18H18F3IN4O/c19-18(20,21)13-5-6-16(23-11-13)26-9-7-25(8-10-26)12-17(27)24-15-4-2-1-3-14(15)22/h1-6,11H,7-10,12H2,(H,24,27). The number of pyridine rings is 1. The zero-order valence-corrected chi connectivity index (χ0v) is 16.5. The molecule has 0 bridgehead atoms. The fourth-order valence-corrected chi connectivity index (χ4v) is 3.35. The Kier molecular flexibility index (Phi) is 6.20. The highest BCUT2D eigenvalue weighted by Crippen LogP contribution is 2.29. The predicted octanol–water partition coefficient (Wildman–Crippen LogP) is 3.47. The van der Waals surface area contributed by atoms with Crippen LogP contribution in [-0.2, 0) is 11.0 Å². The number of piperazine rings is 1. The summed E-state index contributed by atoms with van der Waals surface area (Å²) in [5.41, 5.74) is 0.0350. The highest BCUT2D eigenvalue weighted by Gasteiger charge is 2.31. The van der Waals surface area contributed by atoms with Crippen molar-refractivity contribution in [2.45, 2.75) is 6.18 Å². The Balaban J connectivity index is 1.50. The number of carbonyl (C=O) groups excluding carboxylic acids is 1. The number of hydrogen-bond donors (Lipinski definition) is 1. The Morgan fingerprint density at radius 2 is 1.81 bits per heavy atom. The van der Waals surface area contributed by atoms with Gasteiger partial charge in [0.1, 0.15) is 5.82 Å². The van der Waals surface area contributed by atoms with Crippen LogP contribution in [0, 0.1) is 3.57 Å². The number of aromatic nitrogens is 1. The summed E-state index contributed by atoms with van der Waals surface area (Å²) in [4.78, 5) is 20.1. The van der Waals surface area contributed by atoms with Crippen molar-refractivity contribution in [3.8, 4) is 0 Å². The van der Waals surface area contributed by atoms with E-state index in [4.69, 9.17) is 0 Å². The van der Waals surface area contributed by atoms with Gasteiger partial charge in [0, 0.05) is 35.9 Å². The van der Waals surface area contributed by atoms with Crippen molar-refractivity contribution < 1.29 is 18.0 Å². The Morgan fingerprint density at radius 1 is 1.11 bits per heavy atom. The zero-order chi connectivity index (χ0) is 19.4. The molecule has 1 N–H and O–H groups in total. The van der Waals surface area contributed by atoms with E-state index in [1.807, 2.05) is 34.1 Å². The van der Waals surface area contributed by atoms with Gasteiger partial charge in [-0.05, 0) is 46.9 Å². The van der Waals surface area contributed by atoms with Crippen molar-refractivity contribution in [1.29, 1.82) is 0 Å². The molecule has 0 spiro atoms. The van der Waals surface area contributed by atoms with Crippen LogP contribution in [0.2, 0.25) is 0 Å². The summed E-state index contributed by atoms with van der Waals surface area (Å²) in [7, 11) is 0. The molecular formula is C18H18F3IN4O. The van der Waals surface area contributed by atoms with Crippen LogP contribution in [0.4, 0.5) is 24.7 Å². The highest BCUT2D eigenvalue weighted by molar-refractivity contribution is 14.1. The van der Waals surface area contributed by atoms with Crippen molar-refractivity contribution >= 4 is 40.0 Å². The first kappa shape index (κ1) is 19.9. The first-order valence-electron chi connectivity index (χ1n) is 8.38. The van der Waals surface area contributed by atoms with Crippen molar-refractivity contribution in [1.82, 2.24) is 9.88 Å². The second-order valence-corrected chi connectivity index (χ2v) is 7.36. The van der Waals surface area contributed by atoms with Crippen LogP contribution in [0.25, 0.3) is 0 Å². The third kappa shape index (κ3) is 5.32. The van der Waals surface area contributed by atoms with Gasteiger partial charge in [0.15, 0.2) is 0 Å². The molecule has 9 heteroatoms. The Labute approximate surface area is 168 Å². The molecule has 0 saturated carbocycles. The number of hydrogen-bond acceptors (Lipinski definition) is 4. The molecule has 0 radical (unpaired) electrons. The van der Waals surface area contributed by atoms with E-state index in [0.717, 1.165) is 21.5 Å². The van der Waals surface area contributed by atoms with Crippen LogP contribution in [0.3, 0.4) is 0 Å². The fraction of sp³-hybridized carbons (Fsp3) is 0.333. The van der Waals surface area contributed by atoms with Crippen molar-refractivity contribution in [3.05, 3.63) is 51.7 Å². The van der Waals surface area contributed by atoms with Gasteiger partial charge in [0.25, 0.3) is 0 Å². The molecule has 5 nitrogen and oxygen atoms in total. The van der Waals surface area contributed by atoms with Crippen LogP contribution >= 0.6 is 22.6 Å². The quantitative estimate of drug-likeness (QED) is 0.668. The minimum absolute atomic E-state index is 0.0831. The van der Waals surface area contributed by atoms with Gasteiger partial charge >= 0.3 is 6.18 Å². The van der Waals surface area contributed by atoms with Gasteiger partial charge in [-0.15, -0.1) is 0 Å². The summed E-state index contributed by atoms with van der Waals surface area (Å²) >= 11 is 2.17. The van der Waals surface area contributed by atoms with Crippen LogP contribution < -0.4 is 10.2 Å². The molecule has 2 heterocycles. The summed E-state index contributed by atoms with van der Waals surface area (Å²) in [5.74, 6) is 0.436. The van der Waals surface area contributed by atoms with Gasteiger partial charge in [0.05, 0.1) is 17.8 Å². The minimum atomic E-state index is -4.38. The maximum atomic E-state index is 12.6. The average Bonchev–Trinajstić information content (AvgIpc) is 2.64. The zero-order valence-electron chi connectivity index (χ0n) is 14.3. The van der Waals surface area contributed by atoms with Gasteiger partial charge in [-0.3, -0.25) is 9.69 Å². The molecule has 27 heavy (non-hydrogen) atoms. The second kappa shape index (κ2) is 8.42. The number of rotatable bonds is 4. The topological polar surface area (TPSA) is 48.5 Å². The first-order valence-corrected chi connectivity index (χ1v) is 9.46. The van der Waals surface area contributed by atoms with E-state index < -0.39 is 11.7 Å². The molecule has 0 atom stereocenters. The fourth-order valence-electron chi connectivity index (χ4n) is 2.83. The lowest BCUT2D eigenvalue weighted by molar-refractivity contribution is -0.137. The van der Waals surface area contributed by atoms with E-state index in [2.05, 4.69) is 32.9 Å². The highest BCUT2D eigenvalue weighted by atomic mass is 127. The van der Waals surface area contributed by atoms with E-state index in [0.29, 0.717) is 32.0 Å². The number of carbonyl (C=O) groups is 1. The molecular weight excluding hydrogens is 472 g/mol. The first-order chi connectivity index (χ1) is 12.8. The van der Waals surface area contributed by atoms with E-state index in [-0.39, 0.29) is 12.5 Å². The summed E-state index contributed by atoms with van der Waals surface area (Å²) in [6.45, 7) is 2.77. The number of halogens is 4.